The number of benzene rings is 2. The van der Waals surface area contributed by atoms with E-state index in [0.29, 0.717) is 28.5 Å². The number of nitrogens with zero attached hydrogens (tertiary/aromatic N) is 4. The molecule has 8 nitrogen and oxygen atoms in total. The SMILES string of the molecule is O=C(CNc1ccc2c(c1)nc(NC(=O)c1ccc(-c3ccncc3)s1)n2CCc1cccnc1)c1ccccc1. The molecule has 202 valence electrons. The summed E-state index contributed by atoms with van der Waals surface area (Å²) in [5, 5.41) is 6.24. The van der Waals surface area contributed by atoms with Crippen molar-refractivity contribution >= 4 is 45.7 Å². The molecule has 0 unspecified atom stereocenters. The number of ketones is 1. The Morgan fingerprint density at radius 1 is 0.854 bits per heavy atom. The Balaban J connectivity index is 1.25. The van der Waals surface area contributed by atoms with E-state index >= 15 is 0 Å². The molecule has 4 heterocycles. The zero-order valence-electron chi connectivity index (χ0n) is 22.0. The summed E-state index contributed by atoms with van der Waals surface area (Å²) in [4.78, 5) is 40.5. The van der Waals surface area contributed by atoms with Gasteiger partial charge in [-0.3, -0.25) is 24.9 Å². The molecule has 41 heavy (non-hydrogen) atoms. The first kappa shape index (κ1) is 26.1. The number of carbonyl (C=O) groups excluding carboxylic acids is 2. The van der Waals surface area contributed by atoms with Crippen LogP contribution in [-0.2, 0) is 13.0 Å². The number of imidazole rings is 1. The van der Waals surface area contributed by atoms with Crippen molar-refractivity contribution in [2.75, 3.05) is 17.2 Å². The Morgan fingerprint density at radius 2 is 1.71 bits per heavy atom. The van der Waals surface area contributed by atoms with Crippen molar-refractivity contribution in [3.63, 3.8) is 0 Å². The lowest BCUT2D eigenvalue weighted by atomic mass is 10.1. The molecular weight excluding hydrogens is 532 g/mol. The third kappa shape index (κ3) is 6.05. The Morgan fingerprint density at radius 3 is 2.51 bits per heavy atom. The first-order valence-electron chi connectivity index (χ1n) is 13.2. The fraction of sp³-hybridized carbons (Fsp3) is 0.0938. The van der Waals surface area contributed by atoms with E-state index in [4.69, 9.17) is 4.98 Å². The molecule has 0 bridgehead atoms. The van der Waals surface area contributed by atoms with Gasteiger partial charge >= 0.3 is 0 Å². The van der Waals surface area contributed by atoms with Gasteiger partial charge in [-0.15, -0.1) is 11.3 Å². The van der Waals surface area contributed by atoms with Crippen LogP contribution >= 0.6 is 11.3 Å². The summed E-state index contributed by atoms with van der Waals surface area (Å²) in [5.41, 5.74) is 5.13. The first-order chi connectivity index (χ1) is 20.1. The minimum Gasteiger partial charge on any atom is -0.378 e. The second-order valence-electron chi connectivity index (χ2n) is 9.40. The fourth-order valence-electron chi connectivity index (χ4n) is 4.55. The third-order valence-electron chi connectivity index (χ3n) is 6.66. The molecule has 2 N–H and O–H groups in total. The molecule has 2 aromatic carbocycles. The highest BCUT2D eigenvalue weighted by Gasteiger charge is 2.17. The van der Waals surface area contributed by atoms with Crippen LogP contribution in [0, 0.1) is 0 Å². The van der Waals surface area contributed by atoms with Gasteiger partial charge in [-0.1, -0.05) is 36.4 Å². The van der Waals surface area contributed by atoms with E-state index in [1.807, 2.05) is 83.6 Å². The summed E-state index contributed by atoms with van der Waals surface area (Å²) >= 11 is 1.42. The minimum absolute atomic E-state index is 0.00253. The summed E-state index contributed by atoms with van der Waals surface area (Å²) in [6, 6.07) is 26.5. The predicted octanol–water partition coefficient (Wildman–Crippen LogP) is 6.34. The van der Waals surface area contributed by atoms with Crippen LogP contribution in [0.25, 0.3) is 21.5 Å². The van der Waals surface area contributed by atoms with E-state index in [2.05, 4.69) is 20.6 Å². The molecular formula is C32H26N6O2S. The molecule has 6 rings (SSSR count). The molecule has 0 saturated heterocycles. The van der Waals surface area contributed by atoms with E-state index in [1.165, 1.54) is 11.3 Å². The van der Waals surface area contributed by atoms with Gasteiger partial charge in [-0.2, -0.15) is 0 Å². The number of aryl methyl sites for hydroxylation is 2. The van der Waals surface area contributed by atoms with Crippen LogP contribution in [0.15, 0.2) is 110 Å². The van der Waals surface area contributed by atoms with E-state index < -0.39 is 0 Å². The fourth-order valence-corrected chi connectivity index (χ4v) is 5.46. The zero-order chi connectivity index (χ0) is 28.0. The number of Topliss-reactive ketones (excluding diaryl/α,β-unsaturated/α-hetero) is 1. The van der Waals surface area contributed by atoms with Crippen molar-refractivity contribution in [2.45, 2.75) is 13.0 Å². The van der Waals surface area contributed by atoms with Gasteiger partial charge < -0.3 is 9.88 Å². The highest BCUT2D eigenvalue weighted by molar-refractivity contribution is 7.17. The van der Waals surface area contributed by atoms with E-state index in [-0.39, 0.29) is 18.2 Å². The van der Waals surface area contributed by atoms with Crippen molar-refractivity contribution < 1.29 is 9.59 Å². The topological polar surface area (TPSA) is 102 Å². The van der Waals surface area contributed by atoms with Crippen molar-refractivity contribution in [3.05, 3.63) is 126 Å². The molecule has 9 heteroatoms. The van der Waals surface area contributed by atoms with Gasteiger partial charge in [0.15, 0.2) is 5.78 Å². The second kappa shape index (κ2) is 11.9. The van der Waals surface area contributed by atoms with Crippen molar-refractivity contribution in [2.24, 2.45) is 0 Å². The molecule has 0 aliphatic heterocycles. The maximum atomic E-state index is 13.3. The van der Waals surface area contributed by atoms with Gasteiger partial charge in [0.25, 0.3) is 5.91 Å². The van der Waals surface area contributed by atoms with E-state index in [9.17, 15) is 9.59 Å². The zero-order valence-corrected chi connectivity index (χ0v) is 22.8. The summed E-state index contributed by atoms with van der Waals surface area (Å²) in [7, 11) is 0. The van der Waals surface area contributed by atoms with Gasteiger partial charge in [-0.25, -0.2) is 4.98 Å². The molecule has 0 atom stereocenters. The number of pyridine rings is 2. The second-order valence-corrected chi connectivity index (χ2v) is 10.5. The van der Waals surface area contributed by atoms with Crippen LogP contribution in [0.1, 0.15) is 25.6 Å². The number of amides is 1. The monoisotopic (exact) mass is 558 g/mol. The summed E-state index contributed by atoms with van der Waals surface area (Å²) < 4.78 is 2.01. The average molecular weight is 559 g/mol. The van der Waals surface area contributed by atoms with Crippen molar-refractivity contribution in [1.82, 2.24) is 19.5 Å². The number of hydrogen-bond acceptors (Lipinski definition) is 7. The van der Waals surface area contributed by atoms with Gasteiger partial charge in [0, 0.05) is 47.5 Å². The van der Waals surface area contributed by atoms with Crippen LogP contribution in [0.2, 0.25) is 0 Å². The quantitative estimate of drug-likeness (QED) is 0.190. The molecule has 0 spiro atoms. The lowest BCUT2D eigenvalue weighted by molar-refractivity contribution is 0.100. The summed E-state index contributed by atoms with van der Waals surface area (Å²) in [6.07, 6.45) is 7.79. The Kier molecular flexibility index (Phi) is 7.59. The molecule has 0 radical (unpaired) electrons. The number of anilines is 2. The highest BCUT2D eigenvalue weighted by Crippen LogP contribution is 2.29. The van der Waals surface area contributed by atoms with Crippen LogP contribution in [0.5, 0.6) is 0 Å². The normalized spacial score (nSPS) is 10.9. The molecule has 4 aromatic heterocycles. The van der Waals surface area contributed by atoms with Crippen LogP contribution in [-0.4, -0.2) is 37.8 Å². The lowest BCUT2D eigenvalue weighted by Crippen LogP contribution is -2.15. The lowest BCUT2D eigenvalue weighted by Gasteiger charge is -2.10. The molecule has 0 fully saturated rings. The summed E-state index contributed by atoms with van der Waals surface area (Å²) in [6.45, 7) is 0.767. The molecule has 6 aromatic rings. The van der Waals surface area contributed by atoms with Gasteiger partial charge in [0.2, 0.25) is 5.95 Å². The van der Waals surface area contributed by atoms with Crippen molar-refractivity contribution in [3.8, 4) is 10.4 Å². The number of aromatic nitrogens is 4. The number of hydrogen-bond donors (Lipinski definition) is 2. The minimum atomic E-state index is -0.222. The predicted molar refractivity (Wildman–Crippen MR) is 162 cm³/mol. The number of carbonyl (C=O) groups is 2. The van der Waals surface area contributed by atoms with E-state index in [0.717, 1.165) is 33.6 Å². The first-order valence-corrected chi connectivity index (χ1v) is 14.0. The average Bonchev–Trinajstić information content (AvgIpc) is 3.65. The Labute approximate surface area is 240 Å². The number of fused-ring (bicyclic) bond motifs is 1. The van der Waals surface area contributed by atoms with Gasteiger partial charge in [-0.05, 0) is 66.1 Å². The number of thiophene rings is 1. The van der Waals surface area contributed by atoms with Crippen molar-refractivity contribution in [1.29, 1.82) is 0 Å². The maximum Gasteiger partial charge on any atom is 0.268 e. The van der Waals surface area contributed by atoms with Crippen LogP contribution < -0.4 is 10.6 Å². The van der Waals surface area contributed by atoms with Crippen LogP contribution in [0.4, 0.5) is 11.6 Å². The maximum absolute atomic E-state index is 13.3. The molecule has 0 aliphatic carbocycles. The molecule has 0 aliphatic rings. The Bertz CT molecular complexity index is 1800. The number of nitrogens with one attached hydrogen (secondary N) is 2. The van der Waals surface area contributed by atoms with Gasteiger partial charge in [0.1, 0.15) is 0 Å². The molecule has 0 saturated carbocycles. The van der Waals surface area contributed by atoms with Gasteiger partial charge in [0.05, 0.1) is 22.5 Å². The molecule has 1 amide bonds. The highest BCUT2D eigenvalue weighted by atomic mass is 32.1. The largest absolute Gasteiger partial charge is 0.378 e. The van der Waals surface area contributed by atoms with Crippen LogP contribution in [0.3, 0.4) is 0 Å². The Hall–Kier alpha value is -5.15. The van der Waals surface area contributed by atoms with E-state index in [1.54, 1.807) is 30.7 Å². The third-order valence-corrected chi connectivity index (χ3v) is 7.80. The summed E-state index contributed by atoms with van der Waals surface area (Å²) in [5.74, 6) is 0.244. The standard InChI is InChI=1S/C32H26N6O2S/c39-28(23-6-2-1-3-7-23)21-35-25-8-9-27-26(19-25)36-32(38(27)18-14-22-5-4-15-34-20-22)37-31(40)30-11-10-29(41-30)24-12-16-33-17-13-24/h1-13,15-17,19-20,35H,14,18,21H2,(H,36,37,40). The smallest absolute Gasteiger partial charge is 0.268 e. The number of rotatable bonds is 10.